The number of aromatic carboxylic acids is 1. The van der Waals surface area contributed by atoms with Crippen molar-refractivity contribution in [2.75, 3.05) is 0 Å². The summed E-state index contributed by atoms with van der Waals surface area (Å²) in [7, 11) is 0. The summed E-state index contributed by atoms with van der Waals surface area (Å²) in [5.74, 6) is -1.00. The Morgan fingerprint density at radius 2 is 2.07 bits per heavy atom. The second-order valence-corrected chi connectivity index (χ2v) is 3.75. The van der Waals surface area contributed by atoms with Crippen LogP contribution >= 0.6 is 0 Å². The number of rotatable bonds is 1. The van der Waals surface area contributed by atoms with Gasteiger partial charge in [-0.2, -0.15) is 0 Å². The van der Waals surface area contributed by atoms with Gasteiger partial charge in [-0.15, -0.1) is 0 Å². The molecule has 0 saturated heterocycles. The van der Waals surface area contributed by atoms with E-state index in [1.807, 2.05) is 18.2 Å². The molecule has 0 saturated carbocycles. The number of para-hydroxylation sites is 1. The van der Waals surface area contributed by atoms with E-state index >= 15 is 0 Å². The second-order valence-electron chi connectivity index (χ2n) is 2.83. The van der Waals surface area contributed by atoms with E-state index in [-0.39, 0.29) is 5.69 Å². The first kappa shape index (κ1) is 9.19. The van der Waals surface area contributed by atoms with Crippen LogP contribution in [0.25, 0.3) is 10.9 Å². The number of nitrogens with zero attached hydrogens (tertiary/aromatic N) is 1. The van der Waals surface area contributed by atoms with Gasteiger partial charge in [0, 0.05) is 0 Å². The number of benzene rings is 1. The van der Waals surface area contributed by atoms with E-state index in [9.17, 15) is 4.79 Å². The molecule has 14 heavy (non-hydrogen) atoms. The average Bonchev–Trinajstić information content (AvgIpc) is 2.18. The van der Waals surface area contributed by atoms with E-state index in [1.165, 1.54) is 6.07 Å². The van der Waals surface area contributed by atoms with Gasteiger partial charge in [-0.3, -0.25) is 0 Å². The van der Waals surface area contributed by atoms with Crippen molar-refractivity contribution in [3.8, 4) is 0 Å². The number of pyridine rings is 1. The van der Waals surface area contributed by atoms with Gasteiger partial charge in [0.1, 0.15) is 0 Å². The van der Waals surface area contributed by atoms with Crippen LogP contribution in [0, 0.1) is 0 Å². The maximum absolute atomic E-state index is 10.7. The summed E-state index contributed by atoms with van der Waals surface area (Å²) < 4.78 is 0.866. The summed E-state index contributed by atoms with van der Waals surface area (Å²) in [5, 5.41) is 9.70. The Labute approximate surface area is 88.6 Å². The molecule has 0 unspecified atom stereocenters. The first-order valence-corrected chi connectivity index (χ1v) is 4.84. The predicted octanol–water partition coefficient (Wildman–Crippen LogP) is 0.727. The van der Waals surface area contributed by atoms with Crippen molar-refractivity contribution < 1.29 is 9.90 Å². The molecule has 3 nitrogen and oxygen atoms in total. The summed E-state index contributed by atoms with van der Waals surface area (Å²) in [4.78, 5) is 14.7. The molecule has 0 fully saturated rings. The zero-order valence-corrected chi connectivity index (χ0v) is 8.81. The fraction of sp³-hybridized carbons (Fsp3) is 0. The molecule has 0 bridgehead atoms. The molecular formula is C10H6NO2Se. The van der Waals surface area contributed by atoms with Gasteiger partial charge in [-0.25, -0.2) is 0 Å². The topological polar surface area (TPSA) is 50.2 Å². The van der Waals surface area contributed by atoms with Crippen LogP contribution in [0.2, 0.25) is 0 Å². The normalized spacial score (nSPS) is 10.3. The van der Waals surface area contributed by atoms with Crippen molar-refractivity contribution in [2.24, 2.45) is 0 Å². The van der Waals surface area contributed by atoms with Gasteiger partial charge >= 0.3 is 88.3 Å². The Morgan fingerprint density at radius 3 is 2.79 bits per heavy atom. The van der Waals surface area contributed by atoms with E-state index in [0.717, 1.165) is 9.85 Å². The van der Waals surface area contributed by atoms with Crippen LogP contribution in [0.4, 0.5) is 0 Å². The number of fused-ring (bicyclic) bond motifs is 1. The van der Waals surface area contributed by atoms with Gasteiger partial charge in [0.15, 0.2) is 0 Å². The molecule has 1 N–H and O–H groups in total. The number of carboxylic acids is 1. The molecule has 0 atom stereocenters. The molecule has 1 heterocycles. The Balaban J connectivity index is 2.76. The van der Waals surface area contributed by atoms with E-state index < -0.39 is 5.97 Å². The van der Waals surface area contributed by atoms with Crippen LogP contribution < -0.4 is 4.46 Å². The Kier molecular flexibility index (Phi) is 2.23. The minimum absolute atomic E-state index is 0.0696. The average molecular weight is 251 g/mol. The third kappa shape index (κ3) is 1.50. The van der Waals surface area contributed by atoms with Crippen molar-refractivity contribution in [3.05, 3.63) is 36.0 Å². The fourth-order valence-electron chi connectivity index (χ4n) is 1.24. The van der Waals surface area contributed by atoms with Crippen molar-refractivity contribution in [1.29, 1.82) is 0 Å². The Bertz CT molecular complexity index is 510. The molecule has 1 aromatic heterocycles. The zero-order chi connectivity index (χ0) is 10.1. The Hall–Kier alpha value is -1.38. The summed E-state index contributed by atoms with van der Waals surface area (Å²) in [5.41, 5.74) is 0.771. The van der Waals surface area contributed by atoms with Gasteiger partial charge < -0.3 is 0 Å². The first-order valence-electron chi connectivity index (χ1n) is 3.98. The molecule has 0 aliphatic carbocycles. The van der Waals surface area contributed by atoms with E-state index in [0.29, 0.717) is 5.52 Å². The number of carbonyl (C=O) groups is 1. The molecular weight excluding hydrogens is 245 g/mol. The van der Waals surface area contributed by atoms with Gasteiger partial charge in [0.25, 0.3) is 0 Å². The molecule has 1 aromatic carbocycles. The molecule has 4 heteroatoms. The summed E-state index contributed by atoms with van der Waals surface area (Å²) in [6, 6.07) is 8.92. The van der Waals surface area contributed by atoms with E-state index in [1.54, 1.807) is 6.07 Å². The Morgan fingerprint density at radius 1 is 1.29 bits per heavy atom. The van der Waals surface area contributed by atoms with Crippen molar-refractivity contribution in [2.45, 2.75) is 0 Å². The summed E-state index contributed by atoms with van der Waals surface area (Å²) in [6.45, 7) is 0. The van der Waals surface area contributed by atoms with E-state index in [2.05, 4.69) is 21.0 Å². The van der Waals surface area contributed by atoms with Crippen LogP contribution in [-0.4, -0.2) is 32.1 Å². The molecule has 0 aliphatic heterocycles. The van der Waals surface area contributed by atoms with Gasteiger partial charge in [0.05, 0.1) is 0 Å². The molecule has 0 spiro atoms. The van der Waals surface area contributed by atoms with Crippen molar-refractivity contribution in [3.63, 3.8) is 0 Å². The van der Waals surface area contributed by atoms with Crippen molar-refractivity contribution >= 4 is 37.3 Å². The number of aromatic nitrogens is 1. The standard InChI is InChI=1S/C10H6NO2Se/c12-10(13)7-5-4-6-2-1-3-8(14)9(6)11-7/h1-5H,(H,12,13). The third-order valence-corrected chi connectivity index (χ3v) is 2.59. The maximum atomic E-state index is 10.7. The number of hydrogen-bond donors (Lipinski definition) is 1. The quantitative estimate of drug-likeness (QED) is 0.760. The van der Waals surface area contributed by atoms with Gasteiger partial charge in [-0.05, 0) is 0 Å². The second kappa shape index (κ2) is 3.40. The first-order chi connectivity index (χ1) is 6.68. The molecule has 0 aliphatic rings. The molecule has 2 aromatic rings. The molecule has 2 rings (SSSR count). The van der Waals surface area contributed by atoms with Crippen LogP contribution in [-0.2, 0) is 0 Å². The molecule has 1 radical (unpaired) electrons. The zero-order valence-electron chi connectivity index (χ0n) is 7.10. The number of hydrogen-bond acceptors (Lipinski definition) is 2. The van der Waals surface area contributed by atoms with E-state index in [4.69, 9.17) is 5.11 Å². The SMILES string of the molecule is O=C(O)c1ccc2cccc([Se])c2n1. The molecule has 69 valence electrons. The summed E-state index contributed by atoms with van der Waals surface area (Å²) in [6.07, 6.45) is 0. The van der Waals surface area contributed by atoms with Crippen LogP contribution in [0.3, 0.4) is 0 Å². The summed E-state index contributed by atoms with van der Waals surface area (Å²) >= 11 is 2.86. The minimum atomic E-state index is -1.00. The van der Waals surface area contributed by atoms with Crippen molar-refractivity contribution in [1.82, 2.24) is 4.98 Å². The third-order valence-electron chi connectivity index (χ3n) is 1.90. The molecule has 0 amide bonds. The van der Waals surface area contributed by atoms with Crippen LogP contribution in [0.5, 0.6) is 0 Å². The number of carboxylic acid groups (broad SMARTS) is 1. The van der Waals surface area contributed by atoms with Crippen LogP contribution in [0.15, 0.2) is 30.3 Å². The van der Waals surface area contributed by atoms with Gasteiger partial charge in [0.2, 0.25) is 0 Å². The predicted molar refractivity (Wildman–Crippen MR) is 54.1 cm³/mol. The van der Waals surface area contributed by atoms with Gasteiger partial charge in [-0.1, -0.05) is 0 Å². The van der Waals surface area contributed by atoms with Crippen LogP contribution in [0.1, 0.15) is 10.5 Å². The monoisotopic (exact) mass is 252 g/mol. The fourth-order valence-corrected chi connectivity index (χ4v) is 1.75.